The van der Waals surface area contributed by atoms with E-state index in [1.807, 2.05) is 24.4 Å². The second-order valence-corrected chi connectivity index (χ2v) is 6.71. The van der Waals surface area contributed by atoms with Crippen LogP contribution in [-0.2, 0) is 12.8 Å². The molecule has 0 amide bonds. The van der Waals surface area contributed by atoms with Gasteiger partial charge in [0.2, 0.25) is 0 Å². The van der Waals surface area contributed by atoms with Crippen molar-refractivity contribution in [1.82, 2.24) is 9.97 Å². The number of nitrogen functional groups attached to an aromatic ring is 1. The Hall–Kier alpha value is -1.66. The lowest BCUT2D eigenvalue weighted by atomic mass is 10.2. The third kappa shape index (κ3) is 3.51. The number of thiazole rings is 2. The summed E-state index contributed by atoms with van der Waals surface area (Å²) in [4.78, 5) is 8.95. The zero-order valence-electron chi connectivity index (χ0n) is 11.8. The number of benzene rings is 1. The first-order chi connectivity index (χ1) is 10.2. The van der Waals surface area contributed by atoms with Crippen molar-refractivity contribution >= 4 is 38.0 Å². The van der Waals surface area contributed by atoms with Crippen molar-refractivity contribution in [3.8, 4) is 5.75 Å². The maximum absolute atomic E-state index is 5.64. The Morgan fingerprint density at radius 1 is 1.24 bits per heavy atom. The van der Waals surface area contributed by atoms with Crippen molar-refractivity contribution in [1.29, 1.82) is 0 Å². The van der Waals surface area contributed by atoms with E-state index in [0.29, 0.717) is 11.7 Å². The number of nitrogens with zero attached hydrogens (tertiary/aromatic N) is 2. The van der Waals surface area contributed by atoms with Gasteiger partial charge in [-0.25, -0.2) is 9.97 Å². The molecule has 0 saturated carbocycles. The minimum Gasteiger partial charge on any atom is -0.494 e. The fourth-order valence-corrected chi connectivity index (χ4v) is 3.81. The molecule has 0 aliphatic rings. The van der Waals surface area contributed by atoms with E-state index in [1.54, 1.807) is 11.3 Å². The second kappa shape index (κ2) is 6.41. The molecule has 0 saturated heterocycles. The Morgan fingerprint density at radius 2 is 2.14 bits per heavy atom. The third-order valence-corrected chi connectivity index (χ3v) is 4.91. The summed E-state index contributed by atoms with van der Waals surface area (Å²) < 4.78 is 6.71. The van der Waals surface area contributed by atoms with Crippen LogP contribution in [0.15, 0.2) is 23.6 Å². The number of nitrogens with two attached hydrogens (primary N) is 1. The van der Waals surface area contributed by atoms with Crippen molar-refractivity contribution in [2.24, 2.45) is 0 Å². The molecule has 0 aliphatic heterocycles. The Balaban J connectivity index is 1.64. The molecule has 110 valence electrons. The molecule has 0 aliphatic carbocycles. The first kappa shape index (κ1) is 14.3. The number of aromatic nitrogens is 2. The number of anilines is 1. The van der Waals surface area contributed by atoms with Crippen LogP contribution in [0.3, 0.4) is 0 Å². The van der Waals surface area contributed by atoms with Crippen molar-refractivity contribution in [2.75, 3.05) is 12.3 Å². The van der Waals surface area contributed by atoms with Gasteiger partial charge in [0.25, 0.3) is 0 Å². The minimum atomic E-state index is 0.647. The van der Waals surface area contributed by atoms with E-state index in [4.69, 9.17) is 10.5 Å². The van der Waals surface area contributed by atoms with Crippen LogP contribution >= 0.6 is 22.7 Å². The number of fused-ring (bicyclic) bond motifs is 1. The molecule has 3 aromatic rings. The van der Waals surface area contributed by atoms with Crippen LogP contribution in [0.5, 0.6) is 5.75 Å². The van der Waals surface area contributed by atoms with E-state index in [2.05, 4.69) is 16.0 Å². The standard InChI is InChI=1S/C15H17N3OS2/c1-2-19-11-6-7-12-13(8-11)21-14(18-12)5-3-4-10-9-20-15(16)17-10/h6-9H,2-5H2,1H3,(H2,16,17). The minimum absolute atomic E-state index is 0.647. The Kier molecular flexibility index (Phi) is 4.36. The largest absolute Gasteiger partial charge is 0.494 e. The van der Waals surface area contributed by atoms with E-state index in [1.165, 1.54) is 21.0 Å². The fourth-order valence-electron chi connectivity index (χ4n) is 2.17. The number of aryl methyl sites for hydroxylation is 2. The fraction of sp³-hybridized carbons (Fsp3) is 0.333. The van der Waals surface area contributed by atoms with Crippen LogP contribution in [0.4, 0.5) is 5.13 Å². The van der Waals surface area contributed by atoms with Gasteiger partial charge in [-0.1, -0.05) is 0 Å². The first-order valence-electron chi connectivity index (χ1n) is 6.96. The summed E-state index contributed by atoms with van der Waals surface area (Å²) in [6.45, 7) is 2.68. The van der Waals surface area contributed by atoms with Crippen LogP contribution in [-0.4, -0.2) is 16.6 Å². The van der Waals surface area contributed by atoms with E-state index in [0.717, 1.165) is 36.2 Å². The molecule has 21 heavy (non-hydrogen) atoms. The molecule has 0 radical (unpaired) electrons. The number of ether oxygens (including phenoxy) is 1. The van der Waals surface area contributed by atoms with Gasteiger partial charge in [-0.05, 0) is 44.4 Å². The van der Waals surface area contributed by atoms with Crippen LogP contribution in [0, 0.1) is 0 Å². The summed E-state index contributed by atoms with van der Waals surface area (Å²) >= 11 is 3.24. The molecule has 0 spiro atoms. The van der Waals surface area contributed by atoms with E-state index in [9.17, 15) is 0 Å². The quantitative estimate of drug-likeness (QED) is 0.748. The highest BCUT2D eigenvalue weighted by Gasteiger charge is 2.06. The molecule has 0 unspecified atom stereocenters. The van der Waals surface area contributed by atoms with Crippen molar-refractivity contribution in [3.05, 3.63) is 34.3 Å². The highest BCUT2D eigenvalue weighted by Crippen LogP contribution is 2.27. The molecule has 2 aromatic heterocycles. The summed E-state index contributed by atoms with van der Waals surface area (Å²) in [5.41, 5.74) is 7.77. The van der Waals surface area contributed by atoms with Gasteiger partial charge in [0, 0.05) is 5.38 Å². The SMILES string of the molecule is CCOc1ccc2nc(CCCc3csc(N)n3)sc2c1. The molecule has 3 rings (SSSR count). The van der Waals surface area contributed by atoms with E-state index in [-0.39, 0.29) is 0 Å². The molecule has 0 atom stereocenters. The molecule has 2 N–H and O–H groups in total. The zero-order valence-corrected chi connectivity index (χ0v) is 13.5. The maximum Gasteiger partial charge on any atom is 0.180 e. The Bertz CT molecular complexity index is 735. The topological polar surface area (TPSA) is 61.0 Å². The molecule has 6 heteroatoms. The van der Waals surface area contributed by atoms with Gasteiger partial charge >= 0.3 is 0 Å². The van der Waals surface area contributed by atoms with Crippen LogP contribution in [0.2, 0.25) is 0 Å². The summed E-state index contributed by atoms with van der Waals surface area (Å²) in [6.07, 6.45) is 2.97. The molecule has 2 heterocycles. The summed E-state index contributed by atoms with van der Waals surface area (Å²) in [7, 11) is 0. The Labute approximate surface area is 131 Å². The number of hydrogen-bond acceptors (Lipinski definition) is 6. The molecular formula is C15H17N3OS2. The van der Waals surface area contributed by atoms with Crippen molar-refractivity contribution in [3.63, 3.8) is 0 Å². The lowest BCUT2D eigenvalue weighted by Gasteiger charge is -2.00. The average molecular weight is 319 g/mol. The predicted molar refractivity (Wildman–Crippen MR) is 89.3 cm³/mol. The van der Waals surface area contributed by atoms with Crippen molar-refractivity contribution < 1.29 is 4.74 Å². The highest BCUT2D eigenvalue weighted by atomic mass is 32.1. The first-order valence-corrected chi connectivity index (χ1v) is 8.66. The maximum atomic E-state index is 5.64. The molecule has 1 aromatic carbocycles. The number of rotatable bonds is 6. The lowest BCUT2D eigenvalue weighted by molar-refractivity contribution is 0.341. The third-order valence-electron chi connectivity index (χ3n) is 3.11. The lowest BCUT2D eigenvalue weighted by Crippen LogP contribution is -1.91. The van der Waals surface area contributed by atoms with Crippen LogP contribution < -0.4 is 10.5 Å². The van der Waals surface area contributed by atoms with E-state index < -0.39 is 0 Å². The smallest absolute Gasteiger partial charge is 0.180 e. The van der Waals surface area contributed by atoms with Gasteiger partial charge in [0.05, 0.1) is 27.5 Å². The van der Waals surface area contributed by atoms with Gasteiger partial charge in [-0.3, -0.25) is 0 Å². The van der Waals surface area contributed by atoms with Crippen LogP contribution in [0.25, 0.3) is 10.2 Å². The number of hydrogen-bond donors (Lipinski definition) is 1. The van der Waals surface area contributed by atoms with E-state index >= 15 is 0 Å². The van der Waals surface area contributed by atoms with Crippen molar-refractivity contribution in [2.45, 2.75) is 26.2 Å². The average Bonchev–Trinajstić information content (AvgIpc) is 3.05. The monoisotopic (exact) mass is 319 g/mol. The van der Waals surface area contributed by atoms with Crippen LogP contribution in [0.1, 0.15) is 24.0 Å². The second-order valence-electron chi connectivity index (χ2n) is 4.70. The summed E-state index contributed by atoms with van der Waals surface area (Å²) in [5.74, 6) is 0.915. The highest BCUT2D eigenvalue weighted by molar-refractivity contribution is 7.18. The predicted octanol–water partition coefficient (Wildman–Crippen LogP) is 3.91. The van der Waals surface area contributed by atoms with Gasteiger partial charge in [-0.2, -0.15) is 0 Å². The summed E-state index contributed by atoms with van der Waals surface area (Å²) in [5, 5.41) is 3.84. The molecule has 0 bridgehead atoms. The molecule has 0 fully saturated rings. The molecule has 4 nitrogen and oxygen atoms in total. The zero-order chi connectivity index (χ0) is 14.7. The molecular weight excluding hydrogens is 302 g/mol. The Morgan fingerprint density at radius 3 is 2.90 bits per heavy atom. The van der Waals surface area contributed by atoms with Gasteiger partial charge in [0.15, 0.2) is 5.13 Å². The van der Waals surface area contributed by atoms with Gasteiger partial charge < -0.3 is 10.5 Å². The normalized spacial score (nSPS) is 11.1. The summed E-state index contributed by atoms with van der Waals surface area (Å²) in [6, 6.07) is 6.08. The van der Waals surface area contributed by atoms with Gasteiger partial charge in [0.1, 0.15) is 5.75 Å². The van der Waals surface area contributed by atoms with Gasteiger partial charge in [-0.15, -0.1) is 22.7 Å².